The first-order valence-electron chi connectivity index (χ1n) is 6.72. The van der Waals surface area contributed by atoms with Gasteiger partial charge in [0.2, 0.25) is 0 Å². The molecule has 1 fully saturated rings. The minimum atomic E-state index is 0. The van der Waals surface area contributed by atoms with Gasteiger partial charge in [-0.25, -0.2) is 0 Å². The van der Waals surface area contributed by atoms with Crippen LogP contribution in [0.5, 0.6) is 0 Å². The second-order valence-electron chi connectivity index (χ2n) is 5.06. The van der Waals surface area contributed by atoms with Crippen LogP contribution in [0.25, 0.3) is 5.70 Å². The Labute approximate surface area is 162 Å². The van der Waals surface area contributed by atoms with Gasteiger partial charge in [0, 0.05) is 32.7 Å². The second-order valence-corrected chi connectivity index (χ2v) is 5.91. The summed E-state index contributed by atoms with van der Waals surface area (Å²) in [4.78, 5) is 17.2. The maximum atomic E-state index is 12.6. The number of rotatable bonds is 5. The zero-order chi connectivity index (χ0) is 14.7. The average molecular weight is 527 g/mol. The van der Waals surface area contributed by atoms with Gasteiger partial charge in [0.15, 0.2) is 0 Å². The zero-order valence-corrected chi connectivity index (χ0v) is 18.2. The van der Waals surface area contributed by atoms with Gasteiger partial charge >= 0.3 is 131 Å². The number of hydrogen-bond acceptors (Lipinski definition) is 2. The molecule has 1 aliphatic carbocycles. The van der Waals surface area contributed by atoms with E-state index < -0.39 is 0 Å². The van der Waals surface area contributed by atoms with Gasteiger partial charge in [0.05, 0.1) is 0 Å². The van der Waals surface area contributed by atoms with Crippen LogP contribution in [0.3, 0.4) is 0 Å². The predicted octanol–water partition coefficient (Wildman–Crippen LogP) is 2.34. The van der Waals surface area contributed by atoms with Crippen LogP contribution in [0.15, 0.2) is 16.9 Å². The molecule has 0 spiro atoms. The maximum absolute atomic E-state index is 12.6. The quantitative estimate of drug-likeness (QED) is 0.436. The molecule has 1 heterocycles. The molecular formula is C16H18N2OWY-2. The largest absolute Gasteiger partial charge is 0 e. The molecule has 0 amide bonds. The molecule has 2 rings (SSSR count). The molecule has 0 bridgehead atoms. The first-order chi connectivity index (χ1) is 9.58. The molecule has 0 N–H and O–H groups in total. The summed E-state index contributed by atoms with van der Waals surface area (Å²) in [5.41, 5.74) is 2.35. The number of allylic oxidation sites excluding steroid dienone is 3. The van der Waals surface area contributed by atoms with Crippen LogP contribution in [0, 0.1) is 26.3 Å². The van der Waals surface area contributed by atoms with Crippen molar-refractivity contribution in [2.45, 2.75) is 39.5 Å². The van der Waals surface area contributed by atoms with Gasteiger partial charge in [-0.3, -0.25) is 0 Å². The summed E-state index contributed by atoms with van der Waals surface area (Å²) in [5.74, 6) is 2.31. The minimum absolute atomic E-state index is 0. The molecule has 0 aliphatic heterocycles. The first-order valence-corrected chi connectivity index (χ1v) is 8.41. The van der Waals surface area contributed by atoms with E-state index in [-0.39, 0.29) is 38.3 Å². The normalized spacial score (nSPS) is 15.0. The summed E-state index contributed by atoms with van der Waals surface area (Å²) in [6.45, 7) is 9.22. The van der Waals surface area contributed by atoms with Crippen LogP contribution in [0.2, 0.25) is 0 Å². The van der Waals surface area contributed by atoms with Gasteiger partial charge in [-0.2, -0.15) is 0 Å². The fourth-order valence-corrected chi connectivity index (χ4v) is 2.91. The van der Waals surface area contributed by atoms with Crippen molar-refractivity contribution in [3.63, 3.8) is 0 Å². The van der Waals surface area contributed by atoms with Crippen molar-refractivity contribution in [3.05, 3.63) is 52.1 Å². The molecule has 3 nitrogen and oxygen atoms in total. The first kappa shape index (κ1) is 19.1. The Bertz CT molecular complexity index is 630. The van der Waals surface area contributed by atoms with Gasteiger partial charge in [-0.1, -0.05) is 0 Å². The summed E-state index contributed by atoms with van der Waals surface area (Å²) >= 11 is 1.28. The number of aryl methyl sites for hydroxylation is 1. The Morgan fingerprint density at radius 2 is 2.14 bits per heavy atom. The van der Waals surface area contributed by atoms with E-state index in [2.05, 4.69) is 4.98 Å². The van der Waals surface area contributed by atoms with Crippen molar-refractivity contribution in [1.29, 1.82) is 0 Å². The van der Waals surface area contributed by atoms with Crippen molar-refractivity contribution >= 4 is 10.1 Å². The Hall–Kier alpha value is 0.0222. The summed E-state index contributed by atoms with van der Waals surface area (Å²) in [6.07, 6.45) is 7.60. The zero-order valence-electron chi connectivity index (χ0n) is 12.4. The molecule has 109 valence electrons. The fourth-order valence-electron chi connectivity index (χ4n) is 2.24. The topological polar surface area (TPSA) is 34.9 Å². The van der Waals surface area contributed by atoms with Crippen molar-refractivity contribution < 1.29 is 52.1 Å². The third-order valence-electron chi connectivity index (χ3n) is 3.74. The van der Waals surface area contributed by atoms with Crippen LogP contribution >= 0.6 is 0 Å². The van der Waals surface area contributed by atoms with E-state index in [1.54, 1.807) is 10.6 Å². The summed E-state index contributed by atoms with van der Waals surface area (Å²) in [7, 11) is 0. The molecule has 0 unspecified atom stereocenters. The van der Waals surface area contributed by atoms with Crippen LogP contribution in [0.1, 0.15) is 36.3 Å². The molecule has 1 saturated carbocycles. The van der Waals surface area contributed by atoms with E-state index >= 15 is 0 Å². The number of aromatic nitrogens is 2. The summed E-state index contributed by atoms with van der Waals surface area (Å²) in [6, 6.07) is 0. The molecule has 1 aromatic heterocycles. The molecule has 1 radical (unpaired) electrons. The molecule has 21 heavy (non-hydrogen) atoms. The third kappa shape index (κ3) is 4.27. The average Bonchev–Trinajstić information content (AvgIpc) is 2.38. The van der Waals surface area contributed by atoms with E-state index in [0.717, 1.165) is 36.5 Å². The van der Waals surface area contributed by atoms with Gasteiger partial charge in [-0.15, -0.1) is 0 Å². The van der Waals surface area contributed by atoms with E-state index in [9.17, 15) is 4.79 Å². The molecule has 0 saturated heterocycles. The van der Waals surface area contributed by atoms with Crippen molar-refractivity contribution in [3.8, 4) is 0 Å². The van der Waals surface area contributed by atoms with Crippen LogP contribution in [0.4, 0.5) is 0 Å². The van der Waals surface area contributed by atoms with E-state index in [4.69, 9.17) is 6.58 Å². The van der Waals surface area contributed by atoms with Crippen molar-refractivity contribution in [1.82, 2.24) is 9.55 Å². The third-order valence-corrected chi connectivity index (χ3v) is 4.60. The van der Waals surface area contributed by atoms with Crippen molar-refractivity contribution in [2.24, 2.45) is 0 Å². The van der Waals surface area contributed by atoms with Gasteiger partial charge in [-0.05, 0) is 0 Å². The Kier molecular flexibility index (Phi) is 7.81. The van der Waals surface area contributed by atoms with Gasteiger partial charge < -0.3 is 0 Å². The molecule has 0 aromatic carbocycles. The molecule has 1 aromatic rings. The Balaban J connectivity index is 0.00000220. The molecule has 5 heteroatoms. The summed E-state index contributed by atoms with van der Waals surface area (Å²) < 4.78 is 3.68. The molecular weight excluding hydrogens is 509 g/mol. The molecule has 1 aliphatic rings. The number of nitrogens with zero attached hydrogens (tertiary/aromatic N) is 2. The molecule has 0 atom stereocenters. The summed E-state index contributed by atoms with van der Waals surface area (Å²) in [5, 5.41) is 0. The Morgan fingerprint density at radius 1 is 1.48 bits per heavy atom. The maximum Gasteiger partial charge on any atom is 0 e. The predicted molar refractivity (Wildman–Crippen MR) is 78.0 cm³/mol. The second kappa shape index (κ2) is 8.60. The Morgan fingerprint density at radius 3 is 2.62 bits per heavy atom. The van der Waals surface area contributed by atoms with Crippen LogP contribution in [-0.2, 0) is 58.5 Å². The van der Waals surface area contributed by atoms with E-state index in [1.807, 2.05) is 18.2 Å². The standard InChI is InChI=1S/C16H18N2O.W.Y/c1-5-7-11(2)18-15(10-14-8-6-9-14)17-13(4)12(3)16(18)19;;/h1-2,5,7H,6,8-10H2,3-4H3;;/q-2;;/b11-7+;;. The minimum Gasteiger partial charge on any atom is 0 e. The van der Waals surface area contributed by atoms with E-state index in [1.165, 1.54) is 37.8 Å². The van der Waals surface area contributed by atoms with E-state index in [0.29, 0.717) is 5.56 Å². The monoisotopic (exact) mass is 527 g/mol. The van der Waals surface area contributed by atoms with Crippen LogP contribution < -0.4 is 5.56 Å². The van der Waals surface area contributed by atoms with Gasteiger partial charge in [0.25, 0.3) is 0 Å². The SMILES string of the molecule is [CH-]=C/C=C(\[CH]=[W])n1c(C[C-]2CCC2)nc(C)c(C)c1=O.[Y]. The van der Waals surface area contributed by atoms with Crippen LogP contribution in [-0.4, -0.2) is 14.0 Å². The van der Waals surface area contributed by atoms with Gasteiger partial charge in [0.1, 0.15) is 0 Å². The van der Waals surface area contributed by atoms with Crippen molar-refractivity contribution in [2.75, 3.05) is 0 Å². The fraction of sp³-hybridized carbons (Fsp3) is 0.375. The smallest absolute Gasteiger partial charge is 0 e. The number of hydrogen-bond donors (Lipinski definition) is 0.